The van der Waals surface area contributed by atoms with E-state index in [1.54, 1.807) is 18.3 Å². The molecule has 0 spiro atoms. The molecule has 0 bridgehead atoms. The molecule has 3 nitrogen and oxygen atoms in total. The number of amides is 1. The Hall–Kier alpha value is -2.63. The van der Waals surface area contributed by atoms with Crippen molar-refractivity contribution in [3.8, 4) is 0 Å². The Labute approximate surface area is 160 Å². The molecule has 0 aliphatic rings. The van der Waals surface area contributed by atoms with E-state index in [1.807, 2.05) is 30.3 Å². The number of rotatable bonds is 5. The maximum atomic E-state index is 13.5. The predicted octanol–water partition coefficient (Wildman–Crippen LogP) is 3.88. The maximum absolute atomic E-state index is 13.5. The first-order valence-electron chi connectivity index (χ1n) is 8.03. The van der Waals surface area contributed by atoms with Crippen LogP contribution in [0, 0.1) is 0 Å². The third-order valence-electron chi connectivity index (χ3n) is 3.71. The fourth-order valence-electron chi connectivity index (χ4n) is 2.46. The van der Waals surface area contributed by atoms with Gasteiger partial charge in [0.25, 0.3) is 0 Å². The van der Waals surface area contributed by atoms with E-state index < -0.39 is 32.6 Å². The molecule has 0 aliphatic carbocycles. The molecule has 7 heteroatoms. The molecule has 1 N–H and O–H groups in total. The summed E-state index contributed by atoms with van der Waals surface area (Å²) in [6, 6.07) is 16.3. The SMILES string of the molecule is O=C(Nc1cccnc1)c1cccc(C(F)(F)F)c1[Se]Cc1ccccc1. The Morgan fingerprint density at radius 3 is 2.44 bits per heavy atom. The number of aromatic nitrogens is 1. The molecule has 0 aliphatic heterocycles. The second-order valence-corrected chi connectivity index (χ2v) is 7.72. The van der Waals surface area contributed by atoms with Gasteiger partial charge in [-0.15, -0.1) is 0 Å². The van der Waals surface area contributed by atoms with Crippen LogP contribution in [0.4, 0.5) is 18.9 Å². The molecule has 0 radical (unpaired) electrons. The topological polar surface area (TPSA) is 42.0 Å². The van der Waals surface area contributed by atoms with Crippen molar-refractivity contribution in [1.29, 1.82) is 0 Å². The van der Waals surface area contributed by atoms with Gasteiger partial charge in [0, 0.05) is 0 Å². The summed E-state index contributed by atoms with van der Waals surface area (Å²) in [5.74, 6) is -0.570. The van der Waals surface area contributed by atoms with Crippen LogP contribution in [-0.4, -0.2) is 25.8 Å². The van der Waals surface area contributed by atoms with Crippen LogP contribution in [0.1, 0.15) is 21.5 Å². The van der Waals surface area contributed by atoms with E-state index in [9.17, 15) is 18.0 Å². The zero-order valence-corrected chi connectivity index (χ0v) is 15.7. The number of hydrogen-bond donors (Lipinski definition) is 1. The van der Waals surface area contributed by atoms with E-state index in [-0.39, 0.29) is 10.0 Å². The summed E-state index contributed by atoms with van der Waals surface area (Å²) in [6.45, 7) is 0. The minimum atomic E-state index is -4.52. The number of anilines is 1. The van der Waals surface area contributed by atoms with E-state index in [0.29, 0.717) is 11.0 Å². The predicted molar refractivity (Wildman–Crippen MR) is 99.2 cm³/mol. The summed E-state index contributed by atoms with van der Waals surface area (Å²) >= 11 is -0.560. The van der Waals surface area contributed by atoms with Crippen LogP contribution < -0.4 is 9.78 Å². The van der Waals surface area contributed by atoms with Gasteiger partial charge < -0.3 is 0 Å². The van der Waals surface area contributed by atoms with Crippen LogP contribution in [0.2, 0.25) is 0 Å². The molecule has 3 aromatic rings. The van der Waals surface area contributed by atoms with Crippen molar-refractivity contribution < 1.29 is 18.0 Å². The number of benzene rings is 2. The zero-order valence-electron chi connectivity index (χ0n) is 14.0. The molecule has 0 unspecified atom stereocenters. The molecule has 1 amide bonds. The first-order chi connectivity index (χ1) is 12.9. The molecule has 0 saturated heterocycles. The minimum absolute atomic E-state index is 0.0459. The van der Waals surface area contributed by atoms with Gasteiger partial charge in [0.2, 0.25) is 0 Å². The second-order valence-electron chi connectivity index (χ2n) is 5.65. The fourth-order valence-corrected chi connectivity index (χ4v) is 4.89. The van der Waals surface area contributed by atoms with Crippen molar-refractivity contribution in [3.05, 3.63) is 89.7 Å². The molecule has 138 valence electrons. The molecule has 1 heterocycles. The van der Waals surface area contributed by atoms with Crippen molar-refractivity contribution in [1.82, 2.24) is 4.98 Å². The average Bonchev–Trinajstić information content (AvgIpc) is 2.67. The Morgan fingerprint density at radius 2 is 1.78 bits per heavy atom. The standard InChI is InChI=1S/C20H15F3N2OSe/c21-20(22,23)17-10-4-9-16(19(26)25-15-8-5-11-24-12-15)18(17)27-13-14-6-2-1-3-7-14/h1-12H,13H2,(H,25,26). The Morgan fingerprint density at radius 1 is 1.00 bits per heavy atom. The Bertz CT molecular complexity index is 916. The third kappa shape index (κ3) is 4.96. The van der Waals surface area contributed by atoms with Gasteiger partial charge in [-0.2, -0.15) is 0 Å². The van der Waals surface area contributed by atoms with Gasteiger partial charge in [-0.25, -0.2) is 0 Å². The van der Waals surface area contributed by atoms with Crippen LogP contribution in [0.15, 0.2) is 73.1 Å². The summed E-state index contributed by atoms with van der Waals surface area (Å²) in [7, 11) is 0. The summed E-state index contributed by atoms with van der Waals surface area (Å²) in [6.07, 6.45) is -1.52. The monoisotopic (exact) mass is 436 g/mol. The van der Waals surface area contributed by atoms with Crippen molar-refractivity contribution in [2.24, 2.45) is 0 Å². The summed E-state index contributed by atoms with van der Waals surface area (Å²) in [5.41, 5.74) is 0.663. The molecule has 3 rings (SSSR count). The quantitative estimate of drug-likeness (QED) is 0.619. The molecule has 27 heavy (non-hydrogen) atoms. The third-order valence-corrected chi connectivity index (χ3v) is 6.24. The van der Waals surface area contributed by atoms with E-state index in [0.717, 1.165) is 11.6 Å². The van der Waals surface area contributed by atoms with Crippen LogP contribution in [-0.2, 0) is 11.5 Å². The van der Waals surface area contributed by atoms with Crippen molar-refractivity contribution in [3.63, 3.8) is 0 Å². The van der Waals surface area contributed by atoms with Crippen LogP contribution in [0.5, 0.6) is 0 Å². The Kier molecular flexibility index (Phi) is 5.94. The average molecular weight is 435 g/mol. The number of alkyl halides is 3. The number of nitrogens with zero attached hydrogens (tertiary/aromatic N) is 1. The number of carbonyl (C=O) groups excluding carboxylic acids is 1. The first-order valence-corrected chi connectivity index (χ1v) is 10.1. The second kappa shape index (κ2) is 8.37. The van der Waals surface area contributed by atoms with Gasteiger partial charge in [0.1, 0.15) is 0 Å². The van der Waals surface area contributed by atoms with Gasteiger partial charge in [0.05, 0.1) is 0 Å². The van der Waals surface area contributed by atoms with E-state index in [4.69, 9.17) is 0 Å². The molecule has 0 atom stereocenters. The normalized spacial score (nSPS) is 11.2. The van der Waals surface area contributed by atoms with E-state index in [1.165, 1.54) is 18.3 Å². The number of pyridine rings is 1. The van der Waals surface area contributed by atoms with Gasteiger partial charge in [-0.1, -0.05) is 0 Å². The van der Waals surface area contributed by atoms with Gasteiger partial charge >= 0.3 is 161 Å². The van der Waals surface area contributed by atoms with Crippen molar-refractivity contribution >= 4 is 31.0 Å². The molecule has 1 aromatic heterocycles. The van der Waals surface area contributed by atoms with Crippen molar-refractivity contribution in [2.45, 2.75) is 11.5 Å². The molecule has 2 aromatic carbocycles. The van der Waals surface area contributed by atoms with E-state index in [2.05, 4.69) is 10.3 Å². The molecular weight excluding hydrogens is 420 g/mol. The summed E-state index contributed by atoms with van der Waals surface area (Å²) < 4.78 is 40.6. The summed E-state index contributed by atoms with van der Waals surface area (Å²) in [4.78, 5) is 16.5. The molecule has 0 fully saturated rings. The number of nitrogens with one attached hydrogen (secondary N) is 1. The number of halogens is 3. The van der Waals surface area contributed by atoms with E-state index >= 15 is 0 Å². The summed E-state index contributed by atoms with van der Waals surface area (Å²) in [5, 5.41) is 3.08. The van der Waals surface area contributed by atoms with Gasteiger partial charge in [-0.3, -0.25) is 0 Å². The zero-order chi connectivity index (χ0) is 19.3. The van der Waals surface area contributed by atoms with Crippen molar-refractivity contribution in [2.75, 3.05) is 5.32 Å². The van der Waals surface area contributed by atoms with Gasteiger partial charge in [0.15, 0.2) is 0 Å². The first kappa shape index (κ1) is 19.1. The van der Waals surface area contributed by atoms with Crippen LogP contribution in [0.3, 0.4) is 0 Å². The number of carbonyl (C=O) groups is 1. The fraction of sp³-hybridized carbons (Fsp3) is 0.100. The number of hydrogen-bond acceptors (Lipinski definition) is 2. The Balaban J connectivity index is 1.93. The molecular formula is C20H15F3N2OSe. The van der Waals surface area contributed by atoms with Crippen LogP contribution in [0.25, 0.3) is 0 Å². The van der Waals surface area contributed by atoms with Crippen LogP contribution >= 0.6 is 0 Å². The molecule has 0 saturated carbocycles. The van der Waals surface area contributed by atoms with Gasteiger partial charge in [-0.05, 0) is 0 Å².